The van der Waals surface area contributed by atoms with E-state index in [1.54, 1.807) is 6.07 Å². The molecule has 1 aromatic carbocycles. The second kappa shape index (κ2) is 15.4. The van der Waals surface area contributed by atoms with Crippen molar-refractivity contribution in [2.24, 2.45) is 4.99 Å². The molecule has 0 saturated carbocycles. The zero-order valence-corrected chi connectivity index (χ0v) is 18.2. The summed E-state index contributed by atoms with van der Waals surface area (Å²) < 4.78 is 13.6. The lowest BCUT2D eigenvalue weighted by molar-refractivity contribution is 0.297. The van der Waals surface area contributed by atoms with Crippen LogP contribution in [0, 0.1) is 5.82 Å². The average molecular weight is 464 g/mol. The van der Waals surface area contributed by atoms with Crippen molar-refractivity contribution in [2.45, 2.75) is 40.0 Å². The Morgan fingerprint density at radius 3 is 2.44 bits per heavy atom. The van der Waals surface area contributed by atoms with E-state index >= 15 is 0 Å². The minimum Gasteiger partial charge on any atom is -0.357 e. The lowest BCUT2D eigenvalue weighted by Gasteiger charge is -2.17. The molecule has 0 atom stereocenters. The molecule has 0 aromatic heterocycles. The predicted molar refractivity (Wildman–Crippen MR) is 117 cm³/mol. The summed E-state index contributed by atoms with van der Waals surface area (Å²) in [5.74, 6) is 0.675. The van der Waals surface area contributed by atoms with E-state index in [0.717, 1.165) is 50.7 Å². The van der Waals surface area contributed by atoms with Gasteiger partial charge in [-0.1, -0.05) is 32.0 Å². The molecule has 6 heteroatoms. The molecule has 2 N–H and O–H groups in total. The highest BCUT2D eigenvalue weighted by molar-refractivity contribution is 14.0. The van der Waals surface area contributed by atoms with Crippen molar-refractivity contribution in [1.29, 1.82) is 0 Å². The smallest absolute Gasteiger partial charge is 0.191 e. The Morgan fingerprint density at radius 2 is 1.80 bits per heavy atom. The molecule has 144 valence electrons. The lowest BCUT2D eigenvalue weighted by atomic mass is 10.1. The van der Waals surface area contributed by atoms with Gasteiger partial charge in [-0.15, -0.1) is 24.0 Å². The van der Waals surface area contributed by atoms with Gasteiger partial charge in [0.05, 0.1) is 0 Å². The molecule has 0 radical (unpaired) electrons. The molecule has 0 bridgehead atoms. The summed E-state index contributed by atoms with van der Waals surface area (Å²) in [6, 6.07) is 6.92. The molecule has 0 aliphatic carbocycles. The standard InChI is InChI=1S/C19H33FN4.HI/c1-4-21-19(22-14-9-10-16-24(5-2)6-3)23-15-13-17-11-7-8-12-18(17)20;/h7-8,11-12H,4-6,9-10,13-16H2,1-3H3,(H2,21,22,23);1H. The summed E-state index contributed by atoms with van der Waals surface area (Å²) in [5, 5.41) is 6.52. The maximum Gasteiger partial charge on any atom is 0.191 e. The van der Waals surface area contributed by atoms with Crippen LogP contribution >= 0.6 is 24.0 Å². The minimum absolute atomic E-state index is 0. The second-order valence-corrected chi connectivity index (χ2v) is 5.76. The van der Waals surface area contributed by atoms with Gasteiger partial charge < -0.3 is 15.5 Å². The Kier molecular flexibility index (Phi) is 14.8. The van der Waals surface area contributed by atoms with Gasteiger partial charge in [0.25, 0.3) is 0 Å². The highest BCUT2D eigenvalue weighted by Gasteiger charge is 2.02. The van der Waals surface area contributed by atoms with Crippen LogP contribution in [0.4, 0.5) is 4.39 Å². The molecule has 0 heterocycles. The molecule has 0 fully saturated rings. The molecule has 4 nitrogen and oxygen atoms in total. The number of unbranched alkanes of at least 4 members (excludes halogenated alkanes) is 1. The van der Waals surface area contributed by atoms with Crippen molar-refractivity contribution in [1.82, 2.24) is 15.5 Å². The van der Waals surface area contributed by atoms with Crippen molar-refractivity contribution < 1.29 is 4.39 Å². The number of nitrogens with zero attached hydrogens (tertiary/aromatic N) is 2. The fourth-order valence-corrected chi connectivity index (χ4v) is 2.54. The zero-order valence-electron chi connectivity index (χ0n) is 15.9. The summed E-state index contributed by atoms with van der Waals surface area (Å²) in [6.07, 6.45) is 2.90. The van der Waals surface area contributed by atoms with Crippen molar-refractivity contribution >= 4 is 29.9 Å². The molecule has 0 spiro atoms. The van der Waals surface area contributed by atoms with Crippen LogP contribution in [0.25, 0.3) is 0 Å². The highest BCUT2D eigenvalue weighted by Crippen LogP contribution is 2.06. The number of nitrogens with one attached hydrogen (secondary N) is 2. The van der Waals surface area contributed by atoms with Gasteiger partial charge in [0.1, 0.15) is 5.82 Å². The Balaban J connectivity index is 0.00000576. The molecule has 1 aromatic rings. The Morgan fingerprint density at radius 1 is 1.08 bits per heavy atom. The Labute approximate surface area is 169 Å². The van der Waals surface area contributed by atoms with Crippen LogP contribution < -0.4 is 10.6 Å². The summed E-state index contributed by atoms with van der Waals surface area (Å²) in [6.45, 7) is 12.1. The van der Waals surface area contributed by atoms with Crippen LogP contribution in [0.1, 0.15) is 39.2 Å². The number of guanidine groups is 1. The van der Waals surface area contributed by atoms with E-state index in [1.807, 2.05) is 12.1 Å². The first-order valence-electron chi connectivity index (χ1n) is 9.19. The van der Waals surface area contributed by atoms with Gasteiger partial charge >= 0.3 is 0 Å². The largest absolute Gasteiger partial charge is 0.357 e. The fourth-order valence-electron chi connectivity index (χ4n) is 2.54. The number of benzene rings is 1. The number of hydrogen-bond donors (Lipinski definition) is 2. The first-order valence-corrected chi connectivity index (χ1v) is 9.19. The van der Waals surface area contributed by atoms with Gasteiger partial charge in [-0.25, -0.2) is 4.39 Å². The number of aliphatic imine (C=N–C) groups is 1. The monoisotopic (exact) mass is 464 g/mol. The predicted octanol–water partition coefficient (Wildman–Crippen LogP) is 3.66. The van der Waals surface area contributed by atoms with Crippen LogP contribution in [0.2, 0.25) is 0 Å². The Hall–Kier alpha value is -0.890. The highest BCUT2D eigenvalue weighted by atomic mass is 127. The summed E-state index contributed by atoms with van der Waals surface area (Å²) in [5.41, 5.74) is 0.736. The van der Waals surface area contributed by atoms with Gasteiger partial charge in [-0.2, -0.15) is 0 Å². The molecule has 1 rings (SSSR count). The van der Waals surface area contributed by atoms with E-state index < -0.39 is 0 Å². The van der Waals surface area contributed by atoms with Crippen LogP contribution in [-0.4, -0.2) is 50.1 Å². The molecular weight excluding hydrogens is 430 g/mol. The number of halogens is 2. The van der Waals surface area contributed by atoms with Crippen molar-refractivity contribution in [3.8, 4) is 0 Å². The molecular formula is C19H34FIN4. The normalized spacial score (nSPS) is 11.3. The van der Waals surface area contributed by atoms with E-state index in [4.69, 9.17) is 0 Å². The van der Waals surface area contributed by atoms with E-state index in [-0.39, 0.29) is 29.8 Å². The zero-order chi connectivity index (χ0) is 17.6. The molecule has 0 aliphatic heterocycles. The van der Waals surface area contributed by atoms with Gasteiger partial charge in [0.2, 0.25) is 0 Å². The second-order valence-electron chi connectivity index (χ2n) is 5.76. The molecule has 0 unspecified atom stereocenters. The van der Waals surface area contributed by atoms with Crippen molar-refractivity contribution in [3.63, 3.8) is 0 Å². The molecule has 0 aliphatic rings. The first kappa shape index (κ1) is 24.1. The third-order valence-corrected chi connectivity index (χ3v) is 4.04. The summed E-state index contributed by atoms with van der Waals surface area (Å²) in [4.78, 5) is 7.03. The maximum atomic E-state index is 13.6. The third-order valence-electron chi connectivity index (χ3n) is 4.04. The molecule has 25 heavy (non-hydrogen) atoms. The van der Waals surface area contributed by atoms with Gasteiger partial charge in [-0.05, 0) is 57.5 Å². The van der Waals surface area contributed by atoms with Gasteiger partial charge in [0, 0.05) is 19.6 Å². The van der Waals surface area contributed by atoms with Crippen molar-refractivity contribution in [3.05, 3.63) is 35.6 Å². The lowest BCUT2D eigenvalue weighted by Crippen LogP contribution is -2.38. The van der Waals surface area contributed by atoms with Crippen molar-refractivity contribution in [2.75, 3.05) is 39.3 Å². The summed E-state index contributed by atoms with van der Waals surface area (Å²) in [7, 11) is 0. The van der Waals surface area contributed by atoms with E-state index in [0.29, 0.717) is 13.0 Å². The Bertz CT molecular complexity index is 478. The van der Waals surface area contributed by atoms with Crippen LogP contribution in [0.5, 0.6) is 0 Å². The topological polar surface area (TPSA) is 39.7 Å². The first-order chi connectivity index (χ1) is 11.7. The van der Waals surface area contributed by atoms with Gasteiger partial charge in [0.15, 0.2) is 5.96 Å². The quantitative estimate of drug-likeness (QED) is 0.227. The minimum atomic E-state index is -0.141. The third kappa shape index (κ3) is 10.6. The van der Waals surface area contributed by atoms with E-state index in [9.17, 15) is 4.39 Å². The molecule has 0 saturated heterocycles. The maximum absolute atomic E-state index is 13.6. The fraction of sp³-hybridized carbons (Fsp3) is 0.632. The van der Waals surface area contributed by atoms with E-state index in [1.165, 1.54) is 12.5 Å². The number of hydrogen-bond acceptors (Lipinski definition) is 2. The molecule has 0 amide bonds. The summed E-state index contributed by atoms with van der Waals surface area (Å²) >= 11 is 0. The van der Waals surface area contributed by atoms with E-state index in [2.05, 4.69) is 41.3 Å². The number of rotatable bonds is 11. The van der Waals surface area contributed by atoms with Crippen LogP contribution in [-0.2, 0) is 6.42 Å². The SMILES string of the molecule is CCNC(=NCCCCN(CC)CC)NCCc1ccccc1F.I. The van der Waals surface area contributed by atoms with Crippen LogP contribution in [0.15, 0.2) is 29.3 Å². The van der Waals surface area contributed by atoms with Gasteiger partial charge in [-0.3, -0.25) is 4.99 Å². The van der Waals surface area contributed by atoms with Crippen LogP contribution in [0.3, 0.4) is 0 Å². The average Bonchev–Trinajstić information content (AvgIpc) is 2.59.